The molecule has 108 valence electrons. The SMILES string of the molecule is COc1ccc(OC)c(S(=O)(=O)N(C)CCCN)c1. The number of hydrogen-bond donors (Lipinski definition) is 1. The Kier molecular flexibility index (Phi) is 5.59. The number of nitrogens with two attached hydrogens (primary N) is 1. The van der Waals surface area contributed by atoms with Crippen LogP contribution in [0.4, 0.5) is 0 Å². The van der Waals surface area contributed by atoms with E-state index in [1.54, 1.807) is 12.1 Å². The van der Waals surface area contributed by atoms with Gasteiger partial charge in [-0.05, 0) is 25.1 Å². The fourth-order valence-electron chi connectivity index (χ4n) is 1.59. The number of benzene rings is 1. The van der Waals surface area contributed by atoms with E-state index in [1.807, 2.05) is 0 Å². The monoisotopic (exact) mass is 288 g/mol. The van der Waals surface area contributed by atoms with Gasteiger partial charge in [-0.3, -0.25) is 0 Å². The lowest BCUT2D eigenvalue weighted by atomic mass is 10.3. The molecule has 0 spiro atoms. The van der Waals surface area contributed by atoms with Crippen molar-refractivity contribution in [2.45, 2.75) is 11.3 Å². The summed E-state index contributed by atoms with van der Waals surface area (Å²) in [6.07, 6.45) is 0.599. The first kappa shape index (κ1) is 15.7. The summed E-state index contributed by atoms with van der Waals surface area (Å²) in [4.78, 5) is 0.0915. The summed E-state index contributed by atoms with van der Waals surface area (Å²) in [5.74, 6) is 0.756. The molecule has 19 heavy (non-hydrogen) atoms. The van der Waals surface area contributed by atoms with Crippen molar-refractivity contribution in [1.29, 1.82) is 0 Å². The zero-order chi connectivity index (χ0) is 14.5. The first-order chi connectivity index (χ1) is 8.97. The second kappa shape index (κ2) is 6.74. The number of ether oxygens (including phenoxy) is 2. The Balaban J connectivity index is 3.18. The Morgan fingerprint density at radius 1 is 1.26 bits per heavy atom. The average molecular weight is 288 g/mol. The number of sulfonamides is 1. The molecule has 1 aromatic rings. The van der Waals surface area contributed by atoms with E-state index in [2.05, 4.69) is 0 Å². The van der Waals surface area contributed by atoms with Gasteiger partial charge in [-0.1, -0.05) is 0 Å². The van der Waals surface area contributed by atoms with Gasteiger partial charge in [-0.25, -0.2) is 12.7 Å². The van der Waals surface area contributed by atoms with Crippen LogP contribution in [-0.4, -0.2) is 47.1 Å². The van der Waals surface area contributed by atoms with Crippen molar-refractivity contribution in [3.8, 4) is 11.5 Å². The highest BCUT2D eigenvalue weighted by atomic mass is 32.2. The number of methoxy groups -OCH3 is 2. The summed E-state index contributed by atoms with van der Waals surface area (Å²) in [6.45, 7) is 0.800. The van der Waals surface area contributed by atoms with Gasteiger partial charge in [0.2, 0.25) is 10.0 Å². The van der Waals surface area contributed by atoms with Crippen LogP contribution in [0.1, 0.15) is 6.42 Å². The molecule has 0 aliphatic heterocycles. The molecule has 0 saturated heterocycles. The zero-order valence-corrected chi connectivity index (χ0v) is 12.2. The van der Waals surface area contributed by atoms with E-state index in [4.69, 9.17) is 15.2 Å². The number of nitrogens with zero attached hydrogens (tertiary/aromatic N) is 1. The Morgan fingerprint density at radius 2 is 1.95 bits per heavy atom. The van der Waals surface area contributed by atoms with Crippen molar-refractivity contribution >= 4 is 10.0 Å². The van der Waals surface area contributed by atoms with Crippen LogP contribution < -0.4 is 15.2 Å². The van der Waals surface area contributed by atoms with Crippen LogP contribution in [0, 0.1) is 0 Å². The Morgan fingerprint density at radius 3 is 2.47 bits per heavy atom. The van der Waals surface area contributed by atoms with Crippen molar-refractivity contribution in [2.75, 3.05) is 34.4 Å². The van der Waals surface area contributed by atoms with Crippen molar-refractivity contribution < 1.29 is 17.9 Å². The maximum Gasteiger partial charge on any atom is 0.246 e. The van der Waals surface area contributed by atoms with E-state index < -0.39 is 10.0 Å². The average Bonchev–Trinajstić information content (AvgIpc) is 2.43. The van der Waals surface area contributed by atoms with E-state index >= 15 is 0 Å². The lowest BCUT2D eigenvalue weighted by molar-refractivity contribution is 0.388. The van der Waals surface area contributed by atoms with Crippen LogP contribution in [0.3, 0.4) is 0 Å². The maximum atomic E-state index is 12.4. The molecule has 0 bridgehead atoms. The summed E-state index contributed by atoms with van der Waals surface area (Å²) in [5.41, 5.74) is 5.39. The quantitative estimate of drug-likeness (QED) is 0.797. The first-order valence-electron chi connectivity index (χ1n) is 5.85. The fourth-order valence-corrected chi connectivity index (χ4v) is 2.96. The van der Waals surface area contributed by atoms with Crippen LogP contribution in [0.25, 0.3) is 0 Å². The van der Waals surface area contributed by atoms with Crippen molar-refractivity contribution in [1.82, 2.24) is 4.31 Å². The van der Waals surface area contributed by atoms with Gasteiger partial charge in [0.05, 0.1) is 14.2 Å². The van der Waals surface area contributed by atoms with E-state index in [9.17, 15) is 8.42 Å². The second-order valence-electron chi connectivity index (χ2n) is 3.99. The summed E-state index contributed by atoms with van der Waals surface area (Å²) in [6, 6.07) is 4.67. The molecule has 0 heterocycles. The maximum absolute atomic E-state index is 12.4. The van der Waals surface area contributed by atoms with Gasteiger partial charge in [0, 0.05) is 19.7 Å². The normalized spacial score (nSPS) is 11.6. The third kappa shape index (κ3) is 3.59. The Labute approximate surface area is 114 Å². The topological polar surface area (TPSA) is 81.9 Å². The molecule has 7 heteroatoms. The highest BCUT2D eigenvalue weighted by molar-refractivity contribution is 7.89. The van der Waals surface area contributed by atoms with Crippen LogP contribution >= 0.6 is 0 Å². The van der Waals surface area contributed by atoms with E-state index in [0.717, 1.165) is 0 Å². The molecule has 0 atom stereocenters. The molecule has 1 rings (SSSR count). The van der Waals surface area contributed by atoms with E-state index in [0.29, 0.717) is 31.0 Å². The van der Waals surface area contributed by atoms with Gasteiger partial charge >= 0.3 is 0 Å². The van der Waals surface area contributed by atoms with Crippen LogP contribution in [0.5, 0.6) is 11.5 Å². The Hall–Kier alpha value is -1.31. The number of hydrogen-bond acceptors (Lipinski definition) is 5. The Bertz CT molecular complexity index is 516. The lowest BCUT2D eigenvalue weighted by Gasteiger charge is -2.19. The predicted octanol–water partition coefficient (Wildman–Crippen LogP) is 0.673. The molecule has 6 nitrogen and oxygen atoms in total. The smallest absolute Gasteiger partial charge is 0.246 e. The fraction of sp³-hybridized carbons (Fsp3) is 0.500. The largest absolute Gasteiger partial charge is 0.497 e. The molecule has 0 unspecified atom stereocenters. The molecule has 0 aromatic heterocycles. The van der Waals surface area contributed by atoms with E-state index in [-0.39, 0.29) is 4.90 Å². The van der Waals surface area contributed by atoms with Crippen LogP contribution in [-0.2, 0) is 10.0 Å². The van der Waals surface area contributed by atoms with Crippen molar-refractivity contribution in [3.05, 3.63) is 18.2 Å². The van der Waals surface area contributed by atoms with Crippen molar-refractivity contribution in [2.24, 2.45) is 5.73 Å². The van der Waals surface area contributed by atoms with Crippen LogP contribution in [0.2, 0.25) is 0 Å². The third-order valence-electron chi connectivity index (χ3n) is 2.74. The minimum Gasteiger partial charge on any atom is -0.497 e. The summed E-state index contributed by atoms with van der Waals surface area (Å²) in [5, 5.41) is 0. The number of rotatable bonds is 7. The van der Waals surface area contributed by atoms with Gasteiger partial charge in [-0.15, -0.1) is 0 Å². The molecule has 2 N–H and O–H groups in total. The summed E-state index contributed by atoms with van der Waals surface area (Å²) >= 11 is 0. The zero-order valence-electron chi connectivity index (χ0n) is 11.4. The molecule has 0 aliphatic carbocycles. The lowest BCUT2D eigenvalue weighted by Crippen LogP contribution is -2.29. The third-order valence-corrected chi connectivity index (χ3v) is 4.61. The van der Waals surface area contributed by atoms with Crippen LogP contribution in [0.15, 0.2) is 23.1 Å². The van der Waals surface area contributed by atoms with Gasteiger partial charge in [0.15, 0.2) is 0 Å². The molecular weight excluding hydrogens is 268 g/mol. The highest BCUT2D eigenvalue weighted by Gasteiger charge is 2.25. The minimum atomic E-state index is -3.61. The molecule has 0 amide bonds. The van der Waals surface area contributed by atoms with E-state index in [1.165, 1.54) is 31.6 Å². The molecule has 0 fully saturated rings. The van der Waals surface area contributed by atoms with Gasteiger partial charge < -0.3 is 15.2 Å². The summed E-state index contributed by atoms with van der Waals surface area (Å²) in [7, 11) is 0.818. The van der Waals surface area contributed by atoms with Crippen molar-refractivity contribution in [3.63, 3.8) is 0 Å². The first-order valence-corrected chi connectivity index (χ1v) is 7.29. The highest BCUT2D eigenvalue weighted by Crippen LogP contribution is 2.30. The minimum absolute atomic E-state index is 0.0915. The molecule has 0 aliphatic rings. The molecular formula is C12H20N2O4S. The second-order valence-corrected chi connectivity index (χ2v) is 6.00. The summed E-state index contributed by atoms with van der Waals surface area (Å²) < 4.78 is 36.3. The van der Waals surface area contributed by atoms with Gasteiger partial charge in [-0.2, -0.15) is 0 Å². The van der Waals surface area contributed by atoms with Gasteiger partial charge in [0.25, 0.3) is 0 Å². The predicted molar refractivity (Wildman–Crippen MR) is 73.0 cm³/mol. The molecule has 1 aromatic carbocycles. The molecule has 0 radical (unpaired) electrons. The molecule has 0 saturated carbocycles. The van der Waals surface area contributed by atoms with Gasteiger partial charge in [0.1, 0.15) is 16.4 Å². The standard InChI is InChI=1S/C12H20N2O4S/c1-14(8-4-7-13)19(15,16)12-9-10(17-2)5-6-11(12)18-3/h5-6,9H,4,7-8,13H2,1-3H3.